The number of phenols is 1. The summed E-state index contributed by atoms with van der Waals surface area (Å²) in [6.45, 7) is 0. The van der Waals surface area contributed by atoms with Gasteiger partial charge in [0.05, 0.1) is 5.56 Å². The molecule has 0 aromatic heterocycles. The average molecular weight is 288 g/mol. The Morgan fingerprint density at radius 2 is 1.80 bits per heavy atom. The lowest BCUT2D eigenvalue weighted by atomic mass is 10.1. The summed E-state index contributed by atoms with van der Waals surface area (Å²) in [4.78, 5) is 12.2. The Balaban J connectivity index is 1.72. The lowest BCUT2D eigenvalue weighted by Gasteiger charge is -2.13. The van der Waals surface area contributed by atoms with E-state index in [0.29, 0.717) is 5.02 Å². The average Bonchev–Trinajstić information content (AvgIpc) is 2.80. The zero-order valence-electron chi connectivity index (χ0n) is 10.8. The smallest absolute Gasteiger partial charge is 0.255 e. The second-order valence-electron chi connectivity index (χ2n) is 5.01. The summed E-state index contributed by atoms with van der Waals surface area (Å²) in [5.41, 5.74) is 2.81. The summed E-state index contributed by atoms with van der Waals surface area (Å²) < 4.78 is 0. The number of hydrogen-bond acceptors (Lipinski definition) is 2. The molecular formula is C16H14ClNO2. The predicted molar refractivity (Wildman–Crippen MR) is 78.2 cm³/mol. The second-order valence-corrected chi connectivity index (χ2v) is 5.45. The van der Waals surface area contributed by atoms with Crippen molar-refractivity contribution in [3.63, 3.8) is 0 Å². The van der Waals surface area contributed by atoms with E-state index in [9.17, 15) is 9.90 Å². The minimum absolute atomic E-state index is 0.0787. The number of benzene rings is 2. The topological polar surface area (TPSA) is 49.3 Å². The molecule has 2 aromatic rings. The van der Waals surface area contributed by atoms with Crippen LogP contribution in [0.4, 0.5) is 0 Å². The van der Waals surface area contributed by atoms with Gasteiger partial charge in [-0.05, 0) is 42.2 Å². The van der Waals surface area contributed by atoms with Crippen molar-refractivity contribution in [1.82, 2.24) is 5.32 Å². The molecule has 0 spiro atoms. The van der Waals surface area contributed by atoms with Crippen LogP contribution >= 0.6 is 11.6 Å². The Labute approximate surface area is 122 Å². The second kappa shape index (κ2) is 5.17. The molecule has 3 nitrogen and oxygen atoms in total. The molecule has 0 saturated carbocycles. The SMILES string of the molecule is O=C(NC1Cc2ccccc2C1)c1ccc(Cl)cc1O. The maximum absolute atomic E-state index is 12.2. The van der Waals surface area contributed by atoms with Gasteiger partial charge in [-0.3, -0.25) is 4.79 Å². The van der Waals surface area contributed by atoms with Crippen molar-refractivity contribution >= 4 is 17.5 Å². The number of fused-ring (bicyclic) bond motifs is 1. The van der Waals surface area contributed by atoms with Gasteiger partial charge in [-0.2, -0.15) is 0 Å². The fourth-order valence-corrected chi connectivity index (χ4v) is 2.79. The van der Waals surface area contributed by atoms with Crippen LogP contribution in [-0.2, 0) is 12.8 Å². The van der Waals surface area contributed by atoms with E-state index < -0.39 is 0 Å². The van der Waals surface area contributed by atoms with Crippen LogP contribution in [0, 0.1) is 0 Å². The van der Waals surface area contributed by atoms with E-state index in [-0.39, 0.29) is 23.3 Å². The molecule has 0 heterocycles. The number of carbonyl (C=O) groups is 1. The van der Waals surface area contributed by atoms with E-state index in [2.05, 4.69) is 17.4 Å². The maximum Gasteiger partial charge on any atom is 0.255 e. The van der Waals surface area contributed by atoms with Crippen molar-refractivity contribution in [2.45, 2.75) is 18.9 Å². The summed E-state index contributed by atoms with van der Waals surface area (Å²) in [7, 11) is 0. The van der Waals surface area contributed by atoms with Crippen molar-refractivity contribution < 1.29 is 9.90 Å². The Bertz CT molecular complexity index is 644. The normalized spacial score (nSPS) is 14.1. The third-order valence-electron chi connectivity index (χ3n) is 3.59. The fraction of sp³-hybridized carbons (Fsp3) is 0.188. The molecule has 20 heavy (non-hydrogen) atoms. The highest BCUT2D eigenvalue weighted by atomic mass is 35.5. The van der Waals surface area contributed by atoms with Crippen LogP contribution in [0.25, 0.3) is 0 Å². The summed E-state index contributed by atoms with van der Waals surface area (Å²) >= 11 is 5.76. The molecule has 2 N–H and O–H groups in total. The highest BCUT2D eigenvalue weighted by molar-refractivity contribution is 6.30. The van der Waals surface area contributed by atoms with Crippen LogP contribution in [-0.4, -0.2) is 17.1 Å². The lowest BCUT2D eigenvalue weighted by Crippen LogP contribution is -2.35. The number of phenolic OH excluding ortho intramolecular Hbond substituents is 1. The fourth-order valence-electron chi connectivity index (χ4n) is 2.62. The summed E-state index contributed by atoms with van der Waals surface area (Å²) in [6, 6.07) is 12.8. The molecular weight excluding hydrogens is 274 g/mol. The summed E-state index contributed by atoms with van der Waals surface area (Å²) in [6.07, 6.45) is 1.66. The third-order valence-corrected chi connectivity index (χ3v) is 3.83. The Hall–Kier alpha value is -2.00. The molecule has 0 saturated heterocycles. The first-order chi connectivity index (χ1) is 9.63. The van der Waals surface area contributed by atoms with Gasteiger partial charge in [0.15, 0.2) is 0 Å². The van der Waals surface area contributed by atoms with E-state index >= 15 is 0 Å². The number of carbonyl (C=O) groups excluding carboxylic acids is 1. The quantitative estimate of drug-likeness (QED) is 0.892. The summed E-state index contributed by atoms with van der Waals surface area (Å²) in [5, 5.41) is 13.1. The number of halogens is 1. The first-order valence-electron chi connectivity index (χ1n) is 6.49. The van der Waals surface area contributed by atoms with Gasteiger partial charge in [-0.15, -0.1) is 0 Å². The van der Waals surface area contributed by atoms with Gasteiger partial charge >= 0.3 is 0 Å². The minimum Gasteiger partial charge on any atom is -0.507 e. The standard InChI is InChI=1S/C16H14ClNO2/c17-12-5-6-14(15(19)9-12)16(20)18-13-7-10-3-1-2-4-11(10)8-13/h1-6,9,13,19H,7-8H2,(H,18,20). The van der Waals surface area contributed by atoms with E-state index in [1.165, 1.54) is 23.3 Å². The van der Waals surface area contributed by atoms with Crippen LogP contribution in [0.5, 0.6) is 5.75 Å². The molecule has 0 unspecified atom stereocenters. The molecule has 2 aromatic carbocycles. The van der Waals surface area contributed by atoms with Gasteiger partial charge in [-0.1, -0.05) is 35.9 Å². The molecule has 4 heteroatoms. The molecule has 0 aliphatic heterocycles. The van der Waals surface area contributed by atoms with E-state index in [4.69, 9.17) is 11.6 Å². The molecule has 0 fully saturated rings. The van der Waals surface area contributed by atoms with Gasteiger partial charge in [0.2, 0.25) is 0 Å². The molecule has 1 aliphatic carbocycles. The van der Waals surface area contributed by atoms with Crippen LogP contribution in [0.15, 0.2) is 42.5 Å². The minimum atomic E-state index is -0.267. The monoisotopic (exact) mass is 287 g/mol. The van der Waals surface area contributed by atoms with Crippen molar-refractivity contribution in [3.05, 3.63) is 64.2 Å². The Kier molecular flexibility index (Phi) is 3.36. The van der Waals surface area contributed by atoms with Gasteiger partial charge in [0.1, 0.15) is 5.75 Å². The van der Waals surface area contributed by atoms with Crippen LogP contribution < -0.4 is 5.32 Å². The van der Waals surface area contributed by atoms with Crippen molar-refractivity contribution in [1.29, 1.82) is 0 Å². The van der Waals surface area contributed by atoms with Gasteiger partial charge in [0.25, 0.3) is 5.91 Å². The molecule has 0 radical (unpaired) electrons. The van der Waals surface area contributed by atoms with Crippen molar-refractivity contribution in [2.24, 2.45) is 0 Å². The van der Waals surface area contributed by atoms with Crippen LogP contribution in [0.2, 0.25) is 5.02 Å². The lowest BCUT2D eigenvalue weighted by molar-refractivity contribution is 0.0936. The molecule has 1 aliphatic rings. The van der Waals surface area contributed by atoms with E-state index in [0.717, 1.165) is 12.8 Å². The number of hydrogen-bond donors (Lipinski definition) is 2. The van der Waals surface area contributed by atoms with Crippen molar-refractivity contribution in [2.75, 3.05) is 0 Å². The first kappa shape index (κ1) is 13.0. The van der Waals surface area contributed by atoms with Gasteiger partial charge < -0.3 is 10.4 Å². The molecule has 3 rings (SSSR count). The molecule has 102 valence electrons. The Morgan fingerprint density at radius 1 is 1.15 bits per heavy atom. The number of rotatable bonds is 2. The van der Waals surface area contributed by atoms with Gasteiger partial charge in [-0.25, -0.2) is 0 Å². The Morgan fingerprint density at radius 3 is 2.40 bits per heavy atom. The third kappa shape index (κ3) is 2.49. The number of nitrogens with one attached hydrogen (secondary N) is 1. The van der Waals surface area contributed by atoms with Crippen LogP contribution in [0.1, 0.15) is 21.5 Å². The molecule has 0 bridgehead atoms. The number of amides is 1. The maximum atomic E-state index is 12.2. The summed E-state index contributed by atoms with van der Waals surface area (Å²) in [5.74, 6) is -0.359. The zero-order valence-corrected chi connectivity index (χ0v) is 11.5. The van der Waals surface area contributed by atoms with E-state index in [1.807, 2.05) is 12.1 Å². The largest absolute Gasteiger partial charge is 0.507 e. The highest BCUT2D eigenvalue weighted by Gasteiger charge is 2.23. The highest BCUT2D eigenvalue weighted by Crippen LogP contribution is 2.24. The first-order valence-corrected chi connectivity index (χ1v) is 6.87. The van der Waals surface area contributed by atoms with E-state index in [1.54, 1.807) is 6.07 Å². The predicted octanol–water partition coefficient (Wildman–Crippen LogP) is 2.94. The van der Waals surface area contributed by atoms with Gasteiger partial charge in [0, 0.05) is 11.1 Å². The van der Waals surface area contributed by atoms with Crippen molar-refractivity contribution in [3.8, 4) is 5.75 Å². The molecule has 0 atom stereocenters. The van der Waals surface area contributed by atoms with Crippen LogP contribution in [0.3, 0.4) is 0 Å². The zero-order chi connectivity index (χ0) is 14.1. The molecule has 1 amide bonds. The number of aromatic hydroxyl groups is 1.